The molecule has 3 heteroatoms. The van der Waals surface area contributed by atoms with Crippen molar-refractivity contribution in [1.29, 1.82) is 0 Å². The van der Waals surface area contributed by atoms with Crippen molar-refractivity contribution < 1.29 is 9.53 Å². The van der Waals surface area contributed by atoms with Crippen LogP contribution in [0.25, 0.3) is 0 Å². The van der Waals surface area contributed by atoms with E-state index in [1.807, 2.05) is 4.90 Å². The molecule has 0 radical (unpaired) electrons. The lowest BCUT2D eigenvalue weighted by Gasteiger charge is -2.56. The molecule has 0 aliphatic carbocycles. The number of hydrogen-bond acceptors (Lipinski definition) is 2. The molecule has 3 nitrogen and oxygen atoms in total. The Kier molecular flexibility index (Phi) is 4.03. The molecule has 1 amide bonds. The predicted octanol–water partition coefficient (Wildman–Crippen LogP) is 2.61. The van der Waals surface area contributed by atoms with E-state index in [0.717, 1.165) is 12.8 Å². The zero-order chi connectivity index (χ0) is 13.3. The molecule has 1 fully saturated rings. The minimum absolute atomic E-state index is 0.0146. The normalized spacial score (nSPS) is 26.6. The summed E-state index contributed by atoms with van der Waals surface area (Å²) in [6.07, 6.45) is 3.51. The van der Waals surface area contributed by atoms with Gasteiger partial charge in [-0.1, -0.05) is 6.58 Å². The van der Waals surface area contributed by atoms with Gasteiger partial charge in [-0.2, -0.15) is 0 Å². The monoisotopic (exact) mass is 239 g/mol. The topological polar surface area (TPSA) is 29.5 Å². The second-order valence-corrected chi connectivity index (χ2v) is 6.03. The highest BCUT2D eigenvalue weighted by Gasteiger charge is 2.48. The fraction of sp³-hybridized carbons (Fsp3) is 0.786. The lowest BCUT2D eigenvalue weighted by Crippen LogP contribution is -2.64. The third-order valence-corrected chi connectivity index (χ3v) is 4.05. The van der Waals surface area contributed by atoms with Crippen molar-refractivity contribution in [1.82, 2.24) is 4.90 Å². The van der Waals surface area contributed by atoms with E-state index in [9.17, 15) is 4.79 Å². The summed E-state index contributed by atoms with van der Waals surface area (Å²) in [5.74, 6) is 0.394. The molecule has 17 heavy (non-hydrogen) atoms. The number of piperidine rings is 1. The number of ether oxygens (including phenoxy) is 1. The molecule has 0 bridgehead atoms. The molecule has 1 atom stereocenters. The highest BCUT2D eigenvalue weighted by atomic mass is 16.5. The highest BCUT2D eigenvalue weighted by Crippen LogP contribution is 2.42. The maximum absolute atomic E-state index is 12.1. The largest absolute Gasteiger partial charge is 0.384 e. The van der Waals surface area contributed by atoms with Crippen molar-refractivity contribution in [2.24, 2.45) is 5.92 Å². The Morgan fingerprint density at radius 3 is 2.53 bits per heavy atom. The first kappa shape index (κ1) is 14.2. The van der Waals surface area contributed by atoms with E-state index in [2.05, 4.69) is 34.3 Å². The first-order chi connectivity index (χ1) is 7.77. The van der Waals surface area contributed by atoms with Gasteiger partial charge in [-0.3, -0.25) is 4.79 Å². The Balaban J connectivity index is 3.07. The van der Waals surface area contributed by atoms with Crippen molar-refractivity contribution in [3.8, 4) is 0 Å². The number of methoxy groups -OCH3 is 1. The van der Waals surface area contributed by atoms with Crippen LogP contribution >= 0.6 is 0 Å². The van der Waals surface area contributed by atoms with Gasteiger partial charge in [0, 0.05) is 24.1 Å². The molecule has 1 unspecified atom stereocenters. The minimum atomic E-state index is -0.191. The van der Waals surface area contributed by atoms with Gasteiger partial charge in [0.05, 0.1) is 6.61 Å². The van der Waals surface area contributed by atoms with E-state index in [1.54, 1.807) is 7.11 Å². The van der Waals surface area contributed by atoms with Crippen LogP contribution in [0, 0.1) is 5.92 Å². The molecule has 98 valence electrons. The Hall–Kier alpha value is -0.830. The third-order valence-electron chi connectivity index (χ3n) is 4.05. The van der Waals surface area contributed by atoms with Crippen LogP contribution in [0.2, 0.25) is 0 Å². The van der Waals surface area contributed by atoms with Gasteiger partial charge in [-0.05, 0) is 46.6 Å². The smallest absolute Gasteiger partial charge is 0.246 e. The molecule has 0 aromatic heterocycles. The Morgan fingerprint density at radius 2 is 2.06 bits per heavy atom. The fourth-order valence-corrected chi connectivity index (χ4v) is 3.12. The summed E-state index contributed by atoms with van der Waals surface area (Å²) in [6.45, 7) is 12.8. The standard InChI is InChI=1S/C14H25NO2/c1-7-12(16)15-13(2,3)9-8-11(10-17-6)14(15,4)5/h7,11H,1,8-10H2,2-6H3. The van der Waals surface area contributed by atoms with Crippen LogP contribution in [0.5, 0.6) is 0 Å². The van der Waals surface area contributed by atoms with Gasteiger partial charge in [0.25, 0.3) is 0 Å². The second-order valence-electron chi connectivity index (χ2n) is 6.03. The molecule has 1 aliphatic heterocycles. The van der Waals surface area contributed by atoms with E-state index in [0.29, 0.717) is 12.5 Å². The number of carbonyl (C=O) groups is 1. The summed E-state index contributed by atoms with van der Waals surface area (Å²) in [4.78, 5) is 14.1. The minimum Gasteiger partial charge on any atom is -0.384 e. The van der Waals surface area contributed by atoms with Crippen LogP contribution in [-0.2, 0) is 9.53 Å². The predicted molar refractivity (Wildman–Crippen MR) is 69.8 cm³/mol. The van der Waals surface area contributed by atoms with Gasteiger partial charge >= 0.3 is 0 Å². The summed E-state index contributed by atoms with van der Waals surface area (Å²) >= 11 is 0. The molecule has 1 aliphatic rings. The lowest BCUT2D eigenvalue weighted by atomic mass is 9.72. The Bertz CT molecular complexity index is 307. The maximum Gasteiger partial charge on any atom is 0.246 e. The number of amides is 1. The van der Waals surface area contributed by atoms with Gasteiger partial charge in [0.1, 0.15) is 0 Å². The van der Waals surface area contributed by atoms with Gasteiger partial charge in [0.15, 0.2) is 0 Å². The van der Waals surface area contributed by atoms with Gasteiger partial charge in [-0.15, -0.1) is 0 Å². The molecule has 0 aromatic carbocycles. The van der Waals surface area contributed by atoms with Gasteiger partial charge in [-0.25, -0.2) is 0 Å². The molecule has 0 N–H and O–H groups in total. The summed E-state index contributed by atoms with van der Waals surface area (Å²) in [6, 6.07) is 0. The molecular formula is C14H25NO2. The molecular weight excluding hydrogens is 214 g/mol. The van der Waals surface area contributed by atoms with E-state index in [-0.39, 0.29) is 17.0 Å². The fourth-order valence-electron chi connectivity index (χ4n) is 3.12. The van der Waals surface area contributed by atoms with Crippen molar-refractivity contribution >= 4 is 5.91 Å². The SMILES string of the molecule is C=CC(=O)N1C(C)(C)CCC(COC)C1(C)C. The van der Waals surface area contributed by atoms with Crippen LogP contribution in [0.15, 0.2) is 12.7 Å². The third kappa shape index (κ3) is 2.54. The number of hydrogen-bond donors (Lipinski definition) is 0. The molecule has 0 aromatic rings. The van der Waals surface area contributed by atoms with E-state index < -0.39 is 0 Å². The summed E-state index contributed by atoms with van der Waals surface area (Å²) in [5.41, 5.74) is -0.304. The molecule has 1 rings (SSSR count). The number of likely N-dealkylation sites (tertiary alicyclic amines) is 1. The highest BCUT2D eigenvalue weighted by molar-refractivity contribution is 5.88. The summed E-state index contributed by atoms with van der Waals surface area (Å²) < 4.78 is 5.28. The van der Waals surface area contributed by atoms with Crippen LogP contribution in [-0.4, -0.2) is 35.6 Å². The average molecular weight is 239 g/mol. The van der Waals surface area contributed by atoms with Gasteiger partial charge in [0.2, 0.25) is 5.91 Å². The molecule has 1 saturated heterocycles. The van der Waals surface area contributed by atoms with E-state index in [1.165, 1.54) is 6.08 Å². The van der Waals surface area contributed by atoms with Crippen LogP contribution < -0.4 is 0 Å². The number of rotatable bonds is 3. The van der Waals surface area contributed by atoms with E-state index >= 15 is 0 Å². The quantitative estimate of drug-likeness (QED) is 0.709. The zero-order valence-corrected chi connectivity index (χ0v) is 11.7. The molecule has 0 spiro atoms. The molecule has 1 heterocycles. The van der Waals surface area contributed by atoms with Crippen LogP contribution in [0.3, 0.4) is 0 Å². The van der Waals surface area contributed by atoms with Crippen molar-refractivity contribution in [3.05, 3.63) is 12.7 Å². The summed E-state index contributed by atoms with van der Waals surface area (Å²) in [7, 11) is 1.72. The average Bonchev–Trinajstić information content (AvgIpc) is 2.21. The van der Waals surface area contributed by atoms with Gasteiger partial charge < -0.3 is 9.64 Å². The van der Waals surface area contributed by atoms with Crippen molar-refractivity contribution in [2.75, 3.05) is 13.7 Å². The maximum atomic E-state index is 12.1. The first-order valence-electron chi connectivity index (χ1n) is 6.23. The second kappa shape index (κ2) is 4.81. The first-order valence-corrected chi connectivity index (χ1v) is 6.23. The van der Waals surface area contributed by atoms with Crippen molar-refractivity contribution in [2.45, 2.75) is 51.6 Å². The lowest BCUT2D eigenvalue weighted by molar-refractivity contribution is -0.150. The Labute approximate surface area is 105 Å². The number of nitrogens with zero attached hydrogens (tertiary/aromatic N) is 1. The van der Waals surface area contributed by atoms with Crippen LogP contribution in [0.4, 0.5) is 0 Å². The number of carbonyl (C=O) groups excluding carboxylic acids is 1. The van der Waals surface area contributed by atoms with Crippen LogP contribution in [0.1, 0.15) is 40.5 Å². The van der Waals surface area contributed by atoms with E-state index in [4.69, 9.17) is 4.74 Å². The molecule has 0 saturated carbocycles. The zero-order valence-electron chi connectivity index (χ0n) is 11.7. The van der Waals surface area contributed by atoms with Crippen molar-refractivity contribution in [3.63, 3.8) is 0 Å². The Morgan fingerprint density at radius 1 is 1.47 bits per heavy atom. The summed E-state index contributed by atoms with van der Waals surface area (Å²) in [5, 5.41) is 0.